The number of hydrogen-bond donors (Lipinski definition) is 1. The third-order valence-corrected chi connectivity index (χ3v) is 3.56. The molecule has 2 unspecified atom stereocenters. The highest BCUT2D eigenvalue weighted by Gasteiger charge is 2.35. The molecule has 0 aromatic carbocycles. The van der Waals surface area contributed by atoms with E-state index in [-0.39, 0.29) is 5.97 Å². The van der Waals surface area contributed by atoms with Crippen molar-refractivity contribution < 1.29 is 9.53 Å². The molecule has 0 rings (SSSR count). The number of ether oxygens (including phenoxy) is 1. The molecule has 0 saturated heterocycles. The molecule has 2 atom stereocenters. The lowest BCUT2D eigenvalue weighted by molar-refractivity contribution is -0.150. The summed E-state index contributed by atoms with van der Waals surface area (Å²) in [7, 11) is 0. The Morgan fingerprint density at radius 1 is 1.50 bits per heavy atom. The van der Waals surface area contributed by atoms with E-state index >= 15 is 0 Å². The molecule has 0 aliphatic rings. The SMILES string of the molecule is CCCNC(C)(CC(C)SC)C(=O)OCC. The van der Waals surface area contributed by atoms with Gasteiger partial charge in [0.1, 0.15) is 5.54 Å². The Labute approximate surface area is 104 Å². The molecule has 0 radical (unpaired) electrons. The van der Waals surface area contributed by atoms with Gasteiger partial charge in [-0.3, -0.25) is 4.79 Å². The minimum atomic E-state index is -0.547. The standard InChI is InChI=1S/C12H25NO2S/c1-6-8-13-12(4,9-10(3)16-5)11(14)15-7-2/h10,13H,6-9H2,1-5H3. The number of esters is 1. The quantitative estimate of drug-likeness (QED) is 0.669. The van der Waals surface area contributed by atoms with Crippen molar-refractivity contribution in [3.8, 4) is 0 Å². The summed E-state index contributed by atoms with van der Waals surface area (Å²) in [6.45, 7) is 9.29. The summed E-state index contributed by atoms with van der Waals surface area (Å²) in [4.78, 5) is 11.9. The zero-order chi connectivity index (χ0) is 12.6. The molecule has 96 valence electrons. The first-order chi connectivity index (χ1) is 7.50. The molecule has 0 saturated carbocycles. The van der Waals surface area contributed by atoms with Crippen molar-refractivity contribution in [1.82, 2.24) is 5.32 Å². The summed E-state index contributed by atoms with van der Waals surface area (Å²) in [6, 6.07) is 0. The van der Waals surface area contributed by atoms with E-state index < -0.39 is 5.54 Å². The van der Waals surface area contributed by atoms with E-state index in [0.29, 0.717) is 11.9 Å². The Kier molecular flexibility index (Phi) is 7.85. The summed E-state index contributed by atoms with van der Waals surface area (Å²) in [5.41, 5.74) is -0.547. The average molecular weight is 247 g/mol. The van der Waals surface area contributed by atoms with E-state index in [0.717, 1.165) is 19.4 Å². The smallest absolute Gasteiger partial charge is 0.326 e. The molecule has 0 heterocycles. The van der Waals surface area contributed by atoms with E-state index in [4.69, 9.17) is 4.74 Å². The second-order valence-electron chi connectivity index (χ2n) is 4.23. The van der Waals surface area contributed by atoms with Crippen LogP contribution in [0.3, 0.4) is 0 Å². The number of rotatable bonds is 8. The van der Waals surface area contributed by atoms with E-state index in [1.807, 2.05) is 13.8 Å². The Morgan fingerprint density at radius 2 is 2.12 bits per heavy atom. The van der Waals surface area contributed by atoms with Gasteiger partial charge in [-0.05, 0) is 39.5 Å². The van der Waals surface area contributed by atoms with Crippen LogP contribution in [0.4, 0.5) is 0 Å². The molecule has 0 amide bonds. The third kappa shape index (κ3) is 5.21. The lowest BCUT2D eigenvalue weighted by atomic mass is 9.96. The Bertz CT molecular complexity index is 211. The van der Waals surface area contributed by atoms with Gasteiger partial charge in [-0.1, -0.05) is 13.8 Å². The van der Waals surface area contributed by atoms with Crippen molar-refractivity contribution in [2.75, 3.05) is 19.4 Å². The molecular weight excluding hydrogens is 222 g/mol. The summed E-state index contributed by atoms with van der Waals surface area (Å²) >= 11 is 1.77. The average Bonchev–Trinajstić information content (AvgIpc) is 2.26. The van der Waals surface area contributed by atoms with Gasteiger partial charge in [-0.25, -0.2) is 0 Å². The number of thioether (sulfide) groups is 1. The molecule has 16 heavy (non-hydrogen) atoms. The fourth-order valence-corrected chi connectivity index (χ4v) is 2.08. The van der Waals surface area contributed by atoms with Crippen LogP contribution >= 0.6 is 11.8 Å². The monoisotopic (exact) mass is 247 g/mol. The van der Waals surface area contributed by atoms with E-state index in [1.165, 1.54) is 0 Å². The second-order valence-corrected chi connectivity index (χ2v) is 5.51. The Hall–Kier alpha value is -0.220. The molecule has 0 aromatic heterocycles. The fraction of sp³-hybridized carbons (Fsp3) is 0.917. The van der Waals surface area contributed by atoms with Crippen molar-refractivity contribution in [3.63, 3.8) is 0 Å². The van der Waals surface area contributed by atoms with Crippen molar-refractivity contribution in [3.05, 3.63) is 0 Å². The lowest BCUT2D eigenvalue weighted by Gasteiger charge is -2.30. The van der Waals surface area contributed by atoms with Crippen LogP contribution < -0.4 is 5.32 Å². The highest BCUT2D eigenvalue weighted by Crippen LogP contribution is 2.21. The largest absolute Gasteiger partial charge is 0.465 e. The van der Waals surface area contributed by atoms with Crippen LogP contribution in [0.1, 0.15) is 40.5 Å². The first-order valence-corrected chi connectivity index (χ1v) is 7.24. The summed E-state index contributed by atoms with van der Waals surface area (Å²) < 4.78 is 5.14. The van der Waals surface area contributed by atoms with E-state index in [2.05, 4.69) is 25.4 Å². The van der Waals surface area contributed by atoms with Gasteiger partial charge in [0, 0.05) is 5.25 Å². The molecule has 0 bridgehead atoms. The topological polar surface area (TPSA) is 38.3 Å². The number of carbonyl (C=O) groups excluding carboxylic acids is 1. The minimum absolute atomic E-state index is 0.135. The van der Waals surface area contributed by atoms with Crippen LogP contribution in [0.2, 0.25) is 0 Å². The fourth-order valence-electron chi connectivity index (χ4n) is 1.58. The van der Waals surface area contributed by atoms with Gasteiger partial charge in [-0.15, -0.1) is 0 Å². The van der Waals surface area contributed by atoms with Crippen molar-refractivity contribution in [2.45, 2.75) is 51.3 Å². The maximum absolute atomic E-state index is 11.9. The van der Waals surface area contributed by atoms with Crippen LogP contribution in [-0.2, 0) is 9.53 Å². The summed E-state index contributed by atoms with van der Waals surface area (Å²) in [5, 5.41) is 3.75. The first-order valence-electron chi connectivity index (χ1n) is 5.95. The van der Waals surface area contributed by atoms with Gasteiger partial charge < -0.3 is 10.1 Å². The predicted octanol–water partition coefficient (Wildman–Crippen LogP) is 2.45. The van der Waals surface area contributed by atoms with Crippen molar-refractivity contribution in [2.24, 2.45) is 0 Å². The minimum Gasteiger partial charge on any atom is -0.465 e. The van der Waals surface area contributed by atoms with Crippen LogP contribution in [0, 0.1) is 0 Å². The van der Waals surface area contributed by atoms with Gasteiger partial charge in [-0.2, -0.15) is 11.8 Å². The molecule has 0 aromatic rings. The van der Waals surface area contributed by atoms with Gasteiger partial charge in [0.15, 0.2) is 0 Å². The van der Waals surface area contributed by atoms with E-state index in [1.54, 1.807) is 11.8 Å². The molecule has 3 nitrogen and oxygen atoms in total. The van der Waals surface area contributed by atoms with Crippen LogP contribution in [-0.4, -0.2) is 36.2 Å². The Morgan fingerprint density at radius 3 is 2.56 bits per heavy atom. The number of nitrogens with one attached hydrogen (secondary N) is 1. The number of hydrogen-bond acceptors (Lipinski definition) is 4. The maximum atomic E-state index is 11.9. The van der Waals surface area contributed by atoms with Crippen LogP contribution in [0.25, 0.3) is 0 Å². The number of carbonyl (C=O) groups is 1. The van der Waals surface area contributed by atoms with Gasteiger partial charge in [0.25, 0.3) is 0 Å². The van der Waals surface area contributed by atoms with Crippen LogP contribution in [0.5, 0.6) is 0 Å². The maximum Gasteiger partial charge on any atom is 0.326 e. The van der Waals surface area contributed by atoms with Gasteiger partial charge in [0.05, 0.1) is 6.61 Å². The molecule has 0 fully saturated rings. The summed E-state index contributed by atoms with van der Waals surface area (Å²) in [5.74, 6) is -0.135. The van der Waals surface area contributed by atoms with Crippen molar-refractivity contribution in [1.29, 1.82) is 0 Å². The molecule has 0 spiro atoms. The molecule has 0 aliphatic heterocycles. The molecule has 1 N–H and O–H groups in total. The Balaban J connectivity index is 4.52. The molecule has 4 heteroatoms. The third-order valence-electron chi connectivity index (χ3n) is 2.59. The van der Waals surface area contributed by atoms with Crippen LogP contribution in [0.15, 0.2) is 0 Å². The molecule has 0 aliphatic carbocycles. The first kappa shape index (κ1) is 15.8. The lowest BCUT2D eigenvalue weighted by Crippen LogP contribution is -2.52. The summed E-state index contributed by atoms with van der Waals surface area (Å²) in [6.07, 6.45) is 3.88. The predicted molar refractivity (Wildman–Crippen MR) is 70.9 cm³/mol. The highest BCUT2D eigenvalue weighted by atomic mass is 32.2. The van der Waals surface area contributed by atoms with E-state index in [9.17, 15) is 4.79 Å². The normalized spacial score (nSPS) is 16.6. The van der Waals surface area contributed by atoms with Gasteiger partial charge in [0.2, 0.25) is 0 Å². The van der Waals surface area contributed by atoms with Crippen molar-refractivity contribution >= 4 is 17.7 Å². The van der Waals surface area contributed by atoms with Gasteiger partial charge >= 0.3 is 5.97 Å². The zero-order valence-corrected chi connectivity index (χ0v) is 11.9. The highest BCUT2D eigenvalue weighted by molar-refractivity contribution is 7.99. The molecular formula is C12H25NO2S. The zero-order valence-electron chi connectivity index (χ0n) is 11.1. The second kappa shape index (κ2) is 7.96.